The smallest absolute Gasteiger partial charge is 0.0725 e. The predicted octanol–water partition coefficient (Wildman–Crippen LogP) is 12.9. The first kappa shape index (κ1) is 29.2. The maximum atomic E-state index is 2.54. The van der Waals surface area contributed by atoms with E-state index >= 15 is 0 Å². The summed E-state index contributed by atoms with van der Waals surface area (Å²) in [5.74, 6) is 0.346. The van der Waals surface area contributed by atoms with E-state index in [9.17, 15) is 0 Å². The lowest BCUT2D eigenvalue weighted by molar-refractivity contribution is 0.725. The molecule has 1 aromatic heterocycles. The number of aromatic nitrogens is 1. The molecule has 3 aliphatic rings. The van der Waals surface area contributed by atoms with E-state index in [1.165, 1.54) is 99.8 Å². The molecule has 0 N–H and O–H groups in total. The molecule has 1 spiro atoms. The minimum Gasteiger partial charge on any atom is -0.309 e. The molecule has 53 heavy (non-hydrogen) atoms. The van der Waals surface area contributed by atoms with Gasteiger partial charge in [-0.25, -0.2) is 0 Å². The van der Waals surface area contributed by atoms with Crippen LogP contribution in [-0.4, -0.2) is 4.57 Å². The average Bonchev–Trinajstić information content (AvgIpc) is 3.77. The molecule has 1 atom stereocenters. The third kappa shape index (κ3) is 3.81. The molecule has 12 rings (SSSR count). The van der Waals surface area contributed by atoms with Crippen LogP contribution in [0.5, 0.6) is 0 Å². The summed E-state index contributed by atoms with van der Waals surface area (Å²) >= 11 is 0. The molecule has 0 saturated heterocycles. The van der Waals surface area contributed by atoms with E-state index in [1.54, 1.807) is 0 Å². The lowest BCUT2D eigenvalue weighted by Gasteiger charge is -2.30. The van der Waals surface area contributed by atoms with E-state index in [1.807, 2.05) is 0 Å². The van der Waals surface area contributed by atoms with Crippen LogP contribution in [0.15, 0.2) is 182 Å². The molecule has 8 aromatic carbocycles. The quantitative estimate of drug-likeness (QED) is 0.172. The average molecular weight is 674 g/mol. The Morgan fingerprint density at radius 3 is 1.70 bits per heavy atom. The van der Waals surface area contributed by atoms with Crippen LogP contribution in [0.4, 0.5) is 0 Å². The van der Waals surface area contributed by atoms with E-state index in [0.717, 1.165) is 12.8 Å². The Morgan fingerprint density at radius 2 is 0.981 bits per heavy atom. The number of fused-ring (bicyclic) bond motifs is 16. The second-order valence-corrected chi connectivity index (χ2v) is 15.1. The Balaban J connectivity index is 1.06. The Hall–Kier alpha value is -6.44. The normalized spacial score (nSPS) is 15.7. The number of hydrogen-bond donors (Lipinski definition) is 0. The van der Waals surface area contributed by atoms with Crippen molar-refractivity contribution in [1.29, 1.82) is 0 Å². The molecule has 248 valence electrons. The highest BCUT2D eigenvalue weighted by molar-refractivity contribution is 6.12. The third-order valence-electron chi connectivity index (χ3n) is 12.7. The first-order valence-corrected chi connectivity index (χ1v) is 19.0. The van der Waals surface area contributed by atoms with Gasteiger partial charge in [0, 0.05) is 22.4 Å². The molecule has 1 nitrogen and oxygen atoms in total. The summed E-state index contributed by atoms with van der Waals surface area (Å²) in [6.45, 7) is 0. The number of aryl methyl sites for hydroxylation is 1. The van der Waals surface area contributed by atoms with Gasteiger partial charge in [-0.05, 0) is 115 Å². The third-order valence-corrected chi connectivity index (χ3v) is 12.7. The molecule has 0 fully saturated rings. The zero-order chi connectivity index (χ0) is 34.7. The first-order valence-electron chi connectivity index (χ1n) is 19.0. The molecule has 1 heterocycles. The maximum absolute atomic E-state index is 2.54. The Labute approximate surface area is 309 Å². The molecule has 0 radical (unpaired) electrons. The van der Waals surface area contributed by atoms with Gasteiger partial charge in [0.25, 0.3) is 0 Å². The Kier molecular flexibility index (Phi) is 5.94. The predicted molar refractivity (Wildman–Crippen MR) is 219 cm³/mol. The van der Waals surface area contributed by atoms with Gasteiger partial charge in [-0.15, -0.1) is 0 Å². The summed E-state index contributed by atoms with van der Waals surface area (Å²) in [4.78, 5) is 0. The molecular weight excluding hydrogens is 639 g/mol. The van der Waals surface area contributed by atoms with Crippen LogP contribution in [0.25, 0.3) is 60.9 Å². The van der Waals surface area contributed by atoms with Gasteiger partial charge in [-0.1, -0.05) is 152 Å². The molecule has 9 aromatic rings. The van der Waals surface area contributed by atoms with Crippen molar-refractivity contribution < 1.29 is 0 Å². The second kappa shape index (κ2) is 10.8. The number of rotatable bonds is 2. The molecule has 0 aliphatic heterocycles. The Bertz CT molecular complexity index is 2910. The summed E-state index contributed by atoms with van der Waals surface area (Å²) in [5.41, 5.74) is 21.2. The van der Waals surface area contributed by atoms with Gasteiger partial charge in [-0.3, -0.25) is 0 Å². The highest BCUT2D eigenvalue weighted by Gasteiger charge is 2.51. The topological polar surface area (TPSA) is 4.93 Å². The fourth-order valence-electron chi connectivity index (χ4n) is 10.5. The van der Waals surface area contributed by atoms with Crippen molar-refractivity contribution in [1.82, 2.24) is 4.57 Å². The zero-order valence-electron chi connectivity index (χ0n) is 29.3. The van der Waals surface area contributed by atoms with Gasteiger partial charge in [0.2, 0.25) is 0 Å². The molecule has 3 aliphatic carbocycles. The zero-order valence-corrected chi connectivity index (χ0v) is 29.3. The maximum Gasteiger partial charge on any atom is 0.0725 e. The fourth-order valence-corrected chi connectivity index (χ4v) is 10.5. The van der Waals surface area contributed by atoms with Gasteiger partial charge in [0.15, 0.2) is 0 Å². The summed E-state index contributed by atoms with van der Waals surface area (Å²) in [5, 5.41) is 2.59. The van der Waals surface area contributed by atoms with Crippen molar-refractivity contribution in [2.75, 3.05) is 0 Å². The minimum atomic E-state index is -0.354. The second-order valence-electron chi connectivity index (χ2n) is 15.1. The monoisotopic (exact) mass is 673 g/mol. The number of hydrogen-bond acceptors (Lipinski definition) is 0. The molecule has 0 bridgehead atoms. The summed E-state index contributed by atoms with van der Waals surface area (Å²) in [6, 6.07) is 68.8. The van der Waals surface area contributed by atoms with Crippen LogP contribution in [0.1, 0.15) is 51.3 Å². The van der Waals surface area contributed by atoms with Crippen LogP contribution in [0.2, 0.25) is 0 Å². The highest BCUT2D eigenvalue weighted by atomic mass is 15.0. The van der Waals surface area contributed by atoms with Gasteiger partial charge >= 0.3 is 0 Å². The van der Waals surface area contributed by atoms with Crippen molar-refractivity contribution in [2.24, 2.45) is 0 Å². The molecule has 0 amide bonds. The lowest BCUT2D eigenvalue weighted by atomic mass is 9.70. The fraction of sp³-hybridized carbons (Fsp3) is 0.0769. The molecule has 0 saturated carbocycles. The standard InChI is InChI=1S/C52H35N/c1-2-14-36-33(13-1)27-30-37(39-16-4-3-15-38(36)39)34-25-28-35(29-26-34)53-50-24-12-8-20-43(50)45-31-49-44(32-51(45)53)42-19-7-11-23-48(42)52(49)46-21-9-5-17-40(46)41-18-6-10-22-47(41)52/h1-26,28-29,31-32,37H,27,30H2. The molecule has 1 heteroatoms. The van der Waals surface area contributed by atoms with Gasteiger partial charge in [0.1, 0.15) is 0 Å². The van der Waals surface area contributed by atoms with Crippen molar-refractivity contribution in [3.8, 4) is 39.1 Å². The summed E-state index contributed by atoms with van der Waals surface area (Å²) < 4.78 is 2.50. The van der Waals surface area contributed by atoms with Crippen molar-refractivity contribution in [2.45, 2.75) is 24.2 Å². The van der Waals surface area contributed by atoms with Crippen LogP contribution < -0.4 is 0 Å². The van der Waals surface area contributed by atoms with Crippen LogP contribution in [-0.2, 0) is 11.8 Å². The van der Waals surface area contributed by atoms with Gasteiger partial charge < -0.3 is 4.57 Å². The number of nitrogens with zero attached hydrogens (tertiary/aromatic N) is 1. The van der Waals surface area contributed by atoms with E-state index in [4.69, 9.17) is 0 Å². The van der Waals surface area contributed by atoms with Crippen molar-refractivity contribution in [3.63, 3.8) is 0 Å². The van der Waals surface area contributed by atoms with Crippen molar-refractivity contribution >= 4 is 21.8 Å². The van der Waals surface area contributed by atoms with Crippen LogP contribution in [0, 0.1) is 0 Å². The summed E-state index contributed by atoms with van der Waals surface area (Å²) in [7, 11) is 0. The van der Waals surface area contributed by atoms with Gasteiger partial charge in [-0.2, -0.15) is 0 Å². The van der Waals surface area contributed by atoms with Crippen LogP contribution >= 0.6 is 0 Å². The summed E-state index contributed by atoms with van der Waals surface area (Å²) in [6.07, 6.45) is 2.18. The number of benzene rings is 8. The lowest BCUT2D eigenvalue weighted by Crippen LogP contribution is -2.25. The molecule has 1 unspecified atom stereocenters. The minimum absolute atomic E-state index is 0.346. The molecular formula is C52H35N. The Morgan fingerprint density at radius 1 is 0.415 bits per heavy atom. The first-order chi connectivity index (χ1) is 26.3. The van der Waals surface area contributed by atoms with Gasteiger partial charge in [0.05, 0.1) is 16.4 Å². The highest BCUT2D eigenvalue weighted by Crippen LogP contribution is 2.63. The largest absolute Gasteiger partial charge is 0.309 e. The van der Waals surface area contributed by atoms with E-state index in [2.05, 4.69) is 187 Å². The van der Waals surface area contributed by atoms with Crippen LogP contribution in [0.3, 0.4) is 0 Å². The van der Waals surface area contributed by atoms with E-state index < -0.39 is 0 Å². The van der Waals surface area contributed by atoms with E-state index in [-0.39, 0.29) is 5.41 Å². The number of para-hydroxylation sites is 1. The van der Waals surface area contributed by atoms with E-state index in [0.29, 0.717) is 5.92 Å². The van der Waals surface area contributed by atoms with Crippen molar-refractivity contribution in [3.05, 3.63) is 221 Å². The SMILES string of the molecule is c1ccc2c(c1)CCC(c1ccc(-n3c4ccccc4c4cc5c(cc43)-c3ccccc3C53c4ccccc4-c4ccccc43)cc1)c1ccccc1-2.